The molecule has 0 bridgehead atoms. The molecule has 83 heavy (non-hydrogen) atoms. The first-order valence-electron chi connectivity index (χ1n) is 32.2. The van der Waals surface area contributed by atoms with Crippen molar-refractivity contribution >= 4 is 11.7 Å². The van der Waals surface area contributed by atoms with Crippen LogP contribution in [0.15, 0.2) is 0 Å². The van der Waals surface area contributed by atoms with Gasteiger partial charge >= 0.3 is 0 Å². The Kier molecular flexibility index (Phi) is 39.3. The van der Waals surface area contributed by atoms with Crippen LogP contribution in [-0.4, -0.2) is 220 Å². The van der Waals surface area contributed by atoms with Crippen LogP contribution in [0.3, 0.4) is 0 Å². The summed E-state index contributed by atoms with van der Waals surface area (Å²) in [5, 5.41) is 143. The Labute approximate surface area is 494 Å². The number of carbonyl (C=O) groups excluding carboxylic acids is 2. The molecular formula is C61H115NO21. The lowest BCUT2D eigenvalue weighted by molar-refractivity contribution is -0.386. The van der Waals surface area contributed by atoms with E-state index in [0.717, 1.165) is 64.2 Å². The zero-order valence-electron chi connectivity index (χ0n) is 50.7. The van der Waals surface area contributed by atoms with Gasteiger partial charge in [-0.25, -0.2) is 0 Å². The van der Waals surface area contributed by atoms with Crippen LogP contribution >= 0.6 is 0 Å². The highest BCUT2D eigenvalue weighted by atomic mass is 16.8. The lowest BCUT2D eigenvalue weighted by Crippen LogP contribution is -2.67. The van der Waals surface area contributed by atoms with Crippen LogP contribution in [0.1, 0.15) is 227 Å². The molecule has 0 spiro atoms. The molecule has 3 heterocycles. The molecule has 0 radical (unpaired) electrons. The zero-order valence-corrected chi connectivity index (χ0v) is 50.7. The lowest BCUT2D eigenvalue weighted by Gasteiger charge is -2.49. The first kappa shape index (κ1) is 75.6. The van der Waals surface area contributed by atoms with Crippen molar-refractivity contribution in [3.05, 3.63) is 0 Å². The van der Waals surface area contributed by atoms with E-state index in [1.165, 1.54) is 116 Å². The standard InChI is InChI=1S/C61H115NO21/c1-5-6-7-8-9-10-11-12-13-14-15-16-17-18-19-22-26-29-32-35-43(66)48(69)52(73)58(77)62-41(47(68)42(65)34-31-28-25-23-20-21-24-27-30-33-39(2)3)38-78-59-55(76)57(83-60-53(74)50(71)46(67)40(4)79-60)56(45(37-64)81-59)82-61-54(75)51(72)49(70)44(36-63)80-61/h39-47,49-57,59-61,63-68,70-76H,5-38H2,1-4H3,(H,62,77). The highest BCUT2D eigenvalue weighted by Gasteiger charge is 2.54. The van der Waals surface area contributed by atoms with E-state index in [-0.39, 0.29) is 12.8 Å². The van der Waals surface area contributed by atoms with Gasteiger partial charge < -0.3 is 100 Å². The van der Waals surface area contributed by atoms with E-state index < -0.39 is 154 Å². The molecule has 3 rings (SSSR count). The predicted octanol–water partition coefficient (Wildman–Crippen LogP) is 3.75. The maximum atomic E-state index is 13.6. The van der Waals surface area contributed by atoms with Gasteiger partial charge in [-0.05, 0) is 25.7 Å². The van der Waals surface area contributed by atoms with Gasteiger partial charge in [0.2, 0.25) is 0 Å². The second kappa shape index (κ2) is 43.1. The van der Waals surface area contributed by atoms with Gasteiger partial charge in [-0.15, -0.1) is 0 Å². The number of carbonyl (C=O) groups is 2. The molecule has 3 fully saturated rings. The SMILES string of the molecule is CCCCCCCCCCCCCCCCCCCCCC(O)C(=O)C(O)C(=O)NC(COC1OC(CO)C(OC2OC(CO)C(O)C(O)C2O)C(OC2OC(C)C(O)C(O)C2O)C1O)C(O)C(O)CCCCCCCCCCCC(C)C. The molecule has 14 N–H and O–H groups in total. The van der Waals surface area contributed by atoms with Gasteiger partial charge in [0.25, 0.3) is 5.91 Å². The molecule has 22 heteroatoms. The van der Waals surface area contributed by atoms with Crippen LogP contribution in [0, 0.1) is 5.92 Å². The second-order valence-electron chi connectivity index (χ2n) is 24.4. The van der Waals surface area contributed by atoms with Crippen molar-refractivity contribution in [2.75, 3.05) is 19.8 Å². The Balaban J connectivity index is 1.64. The highest BCUT2D eigenvalue weighted by molar-refractivity contribution is 6.05. The Bertz CT molecular complexity index is 1650. The van der Waals surface area contributed by atoms with Crippen molar-refractivity contribution in [3.63, 3.8) is 0 Å². The molecule has 0 aromatic carbocycles. The van der Waals surface area contributed by atoms with Crippen LogP contribution in [0.2, 0.25) is 0 Å². The second-order valence-corrected chi connectivity index (χ2v) is 24.4. The number of ether oxygens (including phenoxy) is 6. The number of amides is 1. The fourth-order valence-corrected chi connectivity index (χ4v) is 11.3. The summed E-state index contributed by atoms with van der Waals surface area (Å²) in [6, 6.07) is -1.63. The maximum Gasteiger partial charge on any atom is 0.257 e. The van der Waals surface area contributed by atoms with E-state index in [1.54, 1.807) is 0 Å². The van der Waals surface area contributed by atoms with Crippen LogP contribution in [0.5, 0.6) is 0 Å². The molecule has 3 saturated heterocycles. The van der Waals surface area contributed by atoms with Crippen molar-refractivity contribution in [1.29, 1.82) is 0 Å². The summed E-state index contributed by atoms with van der Waals surface area (Å²) in [5.74, 6) is -1.80. The number of nitrogens with one attached hydrogen (secondary N) is 1. The summed E-state index contributed by atoms with van der Waals surface area (Å²) in [5.41, 5.74) is 0. The minimum absolute atomic E-state index is 0.00282. The lowest BCUT2D eigenvalue weighted by atomic mass is 9.96. The van der Waals surface area contributed by atoms with Crippen molar-refractivity contribution in [1.82, 2.24) is 5.32 Å². The van der Waals surface area contributed by atoms with Crippen molar-refractivity contribution in [2.45, 2.75) is 349 Å². The van der Waals surface area contributed by atoms with Gasteiger partial charge in [-0.1, -0.05) is 207 Å². The number of Topliss-reactive ketones (excluding diaryl/α,β-unsaturated/α-hetero) is 1. The minimum atomic E-state index is -2.39. The van der Waals surface area contributed by atoms with Gasteiger partial charge in [0.15, 0.2) is 30.8 Å². The third-order valence-electron chi connectivity index (χ3n) is 16.8. The van der Waals surface area contributed by atoms with Crippen LogP contribution in [-0.2, 0) is 38.0 Å². The highest BCUT2D eigenvalue weighted by Crippen LogP contribution is 2.34. The van der Waals surface area contributed by atoms with Gasteiger partial charge in [0, 0.05) is 0 Å². The van der Waals surface area contributed by atoms with Crippen LogP contribution in [0.4, 0.5) is 0 Å². The molecule has 1 amide bonds. The Hall–Kier alpha value is -1.62. The fraction of sp³-hybridized carbons (Fsp3) is 0.967. The van der Waals surface area contributed by atoms with E-state index >= 15 is 0 Å². The van der Waals surface area contributed by atoms with Gasteiger partial charge in [0.1, 0.15) is 79.4 Å². The molecule has 3 aliphatic heterocycles. The molecule has 0 aliphatic carbocycles. The first-order chi connectivity index (χ1) is 39.8. The number of hydrogen-bond acceptors (Lipinski definition) is 21. The maximum absolute atomic E-state index is 13.6. The summed E-state index contributed by atoms with van der Waals surface area (Å²) in [7, 11) is 0. The largest absolute Gasteiger partial charge is 0.394 e. The molecule has 490 valence electrons. The molecule has 0 aromatic heterocycles. The molecule has 0 aromatic rings. The predicted molar refractivity (Wildman–Crippen MR) is 308 cm³/mol. The molecule has 20 unspecified atom stereocenters. The Morgan fingerprint density at radius 1 is 0.470 bits per heavy atom. The van der Waals surface area contributed by atoms with Gasteiger partial charge in [-0.3, -0.25) is 9.59 Å². The normalized spacial score (nSPS) is 30.5. The summed E-state index contributed by atoms with van der Waals surface area (Å²) in [6.45, 7) is 5.46. The van der Waals surface area contributed by atoms with E-state index in [9.17, 15) is 76.0 Å². The van der Waals surface area contributed by atoms with Crippen molar-refractivity contribution in [2.24, 2.45) is 5.92 Å². The quantitative estimate of drug-likeness (QED) is 0.0305. The van der Waals surface area contributed by atoms with E-state index in [0.29, 0.717) is 18.8 Å². The summed E-state index contributed by atoms with van der Waals surface area (Å²) in [4.78, 5) is 26.9. The monoisotopic (exact) mass is 1200 g/mol. The topological polar surface area (TPSA) is 365 Å². The molecule has 22 nitrogen and oxygen atoms in total. The summed E-state index contributed by atoms with van der Waals surface area (Å²) >= 11 is 0. The number of aliphatic hydroxyl groups excluding tert-OH is 13. The number of hydrogen-bond donors (Lipinski definition) is 14. The molecule has 20 atom stereocenters. The number of ketones is 1. The Morgan fingerprint density at radius 3 is 1.35 bits per heavy atom. The zero-order chi connectivity index (χ0) is 61.3. The third-order valence-corrected chi connectivity index (χ3v) is 16.8. The fourth-order valence-electron chi connectivity index (χ4n) is 11.3. The first-order valence-corrected chi connectivity index (χ1v) is 32.2. The molecular weight excluding hydrogens is 1080 g/mol. The molecule has 3 aliphatic rings. The average molecular weight is 1200 g/mol. The smallest absolute Gasteiger partial charge is 0.257 e. The summed E-state index contributed by atoms with van der Waals surface area (Å²) < 4.78 is 34.9. The number of unbranched alkanes of at least 4 members (excludes halogenated alkanes) is 26. The third kappa shape index (κ3) is 27.3. The minimum Gasteiger partial charge on any atom is -0.394 e. The molecule has 0 saturated carbocycles. The van der Waals surface area contributed by atoms with Crippen molar-refractivity contribution < 1.29 is 104 Å². The average Bonchev–Trinajstić information content (AvgIpc) is 3.54. The Morgan fingerprint density at radius 2 is 0.880 bits per heavy atom. The van der Waals surface area contributed by atoms with Crippen LogP contribution < -0.4 is 5.32 Å². The van der Waals surface area contributed by atoms with E-state index in [4.69, 9.17) is 28.4 Å². The van der Waals surface area contributed by atoms with E-state index in [1.807, 2.05) is 0 Å². The van der Waals surface area contributed by atoms with Crippen molar-refractivity contribution in [3.8, 4) is 0 Å². The van der Waals surface area contributed by atoms with Crippen LogP contribution in [0.25, 0.3) is 0 Å². The number of rotatable bonds is 47. The summed E-state index contributed by atoms with van der Waals surface area (Å²) in [6.07, 6.45) is -1.15. The van der Waals surface area contributed by atoms with Gasteiger partial charge in [-0.2, -0.15) is 0 Å². The van der Waals surface area contributed by atoms with E-state index in [2.05, 4.69) is 26.1 Å². The number of aliphatic hydroxyl groups is 13. The van der Waals surface area contributed by atoms with Gasteiger partial charge in [0.05, 0.1) is 38.1 Å².